The first-order valence-electron chi connectivity index (χ1n) is 9.02. The summed E-state index contributed by atoms with van der Waals surface area (Å²) < 4.78 is 10.7. The first-order valence-corrected chi connectivity index (χ1v) is 9.02. The number of methoxy groups -OCH3 is 2. The summed E-state index contributed by atoms with van der Waals surface area (Å²) in [6.07, 6.45) is 1.89. The second kappa shape index (κ2) is 7.68. The summed E-state index contributed by atoms with van der Waals surface area (Å²) in [6.45, 7) is 1.41. The minimum absolute atomic E-state index is 0.0308. The Bertz CT molecular complexity index is 897. The summed E-state index contributed by atoms with van der Waals surface area (Å²) in [7, 11) is 3.41. The van der Waals surface area contributed by atoms with E-state index in [2.05, 4.69) is 57.7 Å². The molecule has 0 fully saturated rings. The topological polar surface area (TPSA) is 46.6 Å². The SMILES string of the molecule is COCCN1c2c(-c3ccc(OC)cc3)ccnc2NC1c1ccccc1. The van der Waals surface area contributed by atoms with Gasteiger partial charge in [0, 0.05) is 25.4 Å². The lowest BCUT2D eigenvalue weighted by atomic mass is 10.0. The van der Waals surface area contributed by atoms with Gasteiger partial charge in [-0.2, -0.15) is 0 Å². The largest absolute Gasteiger partial charge is 0.497 e. The molecule has 1 aromatic heterocycles. The zero-order valence-corrected chi connectivity index (χ0v) is 15.6. The molecule has 1 unspecified atom stereocenters. The quantitative estimate of drug-likeness (QED) is 0.708. The Morgan fingerprint density at radius 1 is 1.00 bits per heavy atom. The lowest BCUT2D eigenvalue weighted by molar-refractivity contribution is 0.204. The molecule has 0 amide bonds. The van der Waals surface area contributed by atoms with Crippen molar-refractivity contribution >= 4 is 11.5 Å². The van der Waals surface area contributed by atoms with Crippen LogP contribution in [0.4, 0.5) is 11.5 Å². The molecule has 1 aliphatic rings. The predicted octanol–water partition coefficient (Wildman–Crippen LogP) is 4.33. The van der Waals surface area contributed by atoms with E-state index in [-0.39, 0.29) is 6.17 Å². The fourth-order valence-corrected chi connectivity index (χ4v) is 3.52. The first kappa shape index (κ1) is 17.4. The van der Waals surface area contributed by atoms with Gasteiger partial charge in [0.15, 0.2) is 5.82 Å². The van der Waals surface area contributed by atoms with Crippen LogP contribution in [0.1, 0.15) is 11.7 Å². The standard InChI is InChI=1S/C22H23N3O2/c1-26-15-14-25-20-19(16-8-10-18(27-2)11-9-16)12-13-23-21(20)24-22(25)17-6-4-3-5-7-17/h3-13,22H,14-15H2,1-2H3,(H,23,24). The van der Waals surface area contributed by atoms with E-state index >= 15 is 0 Å². The summed E-state index contributed by atoms with van der Waals surface area (Å²) in [5.74, 6) is 1.74. The number of hydrogen-bond acceptors (Lipinski definition) is 5. The van der Waals surface area contributed by atoms with Crippen LogP contribution >= 0.6 is 0 Å². The number of nitrogens with zero attached hydrogens (tertiary/aromatic N) is 2. The number of ether oxygens (including phenoxy) is 2. The lowest BCUT2D eigenvalue weighted by Gasteiger charge is -2.28. The van der Waals surface area contributed by atoms with E-state index in [1.807, 2.05) is 24.4 Å². The number of nitrogens with one attached hydrogen (secondary N) is 1. The lowest BCUT2D eigenvalue weighted by Crippen LogP contribution is -2.31. The molecule has 0 saturated heterocycles. The van der Waals surface area contributed by atoms with Crippen LogP contribution in [0.3, 0.4) is 0 Å². The molecule has 4 rings (SSSR count). The number of rotatable bonds is 6. The van der Waals surface area contributed by atoms with E-state index in [9.17, 15) is 0 Å². The third-order valence-corrected chi connectivity index (χ3v) is 4.85. The summed E-state index contributed by atoms with van der Waals surface area (Å²) in [5.41, 5.74) is 4.58. The minimum Gasteiger partial charge on any atom is -0.497 e. The van der Waals surface area contributed by atoms with E-state index < -0.39 is 0 Å². The predicted molar refractivity (Wildman–Crippen MR) is 108 cm³/mol. The average molecular weight is 361 g/mol. The summed E-state index contributed by atoms with van der Waals surface area (Å²) in [4.78, 5) is 6.93. The van der Waals surface area contributed by atoms with Crippen LogP contribution in [0.15, 0.2) is 66.9 Å². The second-order valence-corrected chi connectivity index (χ2v) is 6.43. The molecule has 0 saturated carbocycles. The monoisotopic (exact) mass is 361 g/mol. The fourth-order valence-electron chi connectivity index (χ4n) is 3.52. The molecule has 1 atom stereocenters. The van der Waals surface area contributed by atoms with E-state index in [4.69, 9.17) is 9.47 Å². The maximum absolute atomic E-state index is 5.37. The Balaban J connectivity index is 1.77. The minimum atomic E-state index is 0.0308. The van der Waals surface area contributed by atoms with Gasteiger partial charge in [-0.1, -0.05) is 42.5 Å². The molecule has 5 nitrogen and oxygen atoms in total. The molecular formula is C22H23N3O2. The summed E-state index contributed by atoms with van der Waals surface area (Å²) in [5, 5.41) is 3.58. The zero-order valence-electron chi connectivity index (χ0n) is 15.6. The maximum Gasteiger partial charge on any atom is 0.152 e. The van der Waals surface area contributed by atoms with Crippen LogP contribution in [0.25, 0.3) is 11.1 Å². The molecule has 0 spiro atoms. The van der Waals surface area contributed by atoms with Crippen molar-refractivity contribution in [2.75, 3.05) is 37.6 Å². The Hall–Kier alpha value is -3.05. The maximum atomic E-state index is 5.37. The van der Waals surface area contributed by atoms with E-state index in [0.29, 0.717) is 6.61 Å². The van der Waals surface area contributed by atoms with Crippen molar-refractivity contribution in [1.82, 2.24) is 4.98 Å². The van der Waals surface area contributed by atoms with Gasteiger partial charge in [-0.05, 0) is 29.3 Å². The van der Waals surface area contributed by atoms with E-state index in [0.717, 1.165) is 34.9 Å². The molecule has 2 heterocycles. The molecule has 0 bridgehead atoms. The first-order chi connectivity index (χ1) is 13.3. The number of benzene rings is 2. The highest BCUT2D eigenvalue weighted by atomic mass is 16.5. The van der Waals surface area contributed by atoms with Crippen molar-refractivity contribution in [3.05, 3.63) is 72.4 Å². The van der Waals surface area contributed by atoms with Gasteiger partial charge in [0.25, 0.3) is 0 Å². The highest BCUT2D eigenvalue weighted by Crippen LogP contribution is 2.45. The van der Waals surface area contributed by atoms with Crippen molar-refractivity contribution in [3.8, 4) is 16.9 Å². The second-order valence-electron chi connectivity index (χ2n) is 6.43. The van der Waals surface area contributed by atoms with Gasteiger partial charge in [0.2, 0.25) is 0 Å². The third-order valence-electron chi connectivity index (χ3n) is 4.85. The molecule has 2 aromatic carbocycles. The van der Waals surface area contributed by atoms with Gasteiger partial charge in [0.05, 0.1) is 19.4 Å². The smallest absolute Gasteiger partial charge is 0.152 e. The van der Waals surface area contributed by atoms with Crippen LogP contribution in [0.5, 0.6) is 5.75 Å². The molecule has 5 heteroatoms. The van der Waals surface area contributed by atoms with Crippen molar-refractivity contribution in [3.63, 3.8) is 0 Å². The molecule has 0 aliphatic carbocycles. The molecule has 1 aliphatic heterocycles. The molecule has 1 N–H and O–H groups in total. The van der Waals surface area contributed by atoms with Gasteiger partial charge in [-0.25, -0.2) is 4.98 Å². The molecule has 3 aromatic rings. The van der Waals surface area contributed by atoms with Gasteiger partial charge in [0.1, 0.15) is 11.9 Å². The van der Waals surface area contributed by atoms with Gasteiger partial charge in [-0.3, -0.25) is 0 Å². The van der Waals surface area contributed by atoms with Crippen LogP contribution in [-0.4, -0.2) is 32.4 Å². The van der Waals surface area contributed by atoms with Gasteiger partial charge >= 0.3 is 0 Å². The third kappa shape index (κ3) is 3.34. The van der Waals surface area contributed by atoms with Gasteiger partial charge in [-0.15, -0.1) is 0 Å². The highest BCUT2D eigenvalue weighted by molar-refractivity contribution is 5.89. The molecule has 138 valence electrons. The molecule has 27 heavy (non-hydrogen) atoms. The van der Waals surface area contributed by atoms with E-state index in [1.54, 1.807) is 14.2 Å². The highest BCUT2D eigenvalue weighted by Gasteiger charge is 2.32. The molecular weight excluding hydrogens is 338 g/mol. The van der Waals surface area contributed by atoms with E-state index in [1.165, 1.54) is 5.56 Å². The van der Waals surface area contributed by atoms with Gasteiger partial charge < -0.3 is 19.7 Å². The van der Waals surface area contributed by atoms with Crippen molar-refractivity contribution in [2.24, 2.45) is 0 Å². The fraction of sp³-hybridized carbons (Fsp3) is 0.227. The normalized spacial score (nSPS) is 15.3. The zero-order chi connectivity index (χ0) is 18.6. The number of anilines is 2. The average Bonchev–Trinajstić information content (AvgIpc) is 3.11. The number of pyridine rings is 1. The number of fused-ring (bicyclic) bond motifs is 1. The Morgan fingerprint density at radius 2 is 1.78 bits per heavy atom. The number of hydrogen-bond donors (Lipinski definition) is 1. The molecule has 0 radical (unpaired) electrons. The van der Waals surface area contributed by atoms with Crippen LogP contribution in [-0.2, 0) is 4.74 Å². The van der Waals surface area contributed by atoms with Crippen molar-refractivity contribution in [2.45, 2.75) is 6.17 Å². The summed E-state index contributed by atoms with van der Waals surface area (Å²) >= 11 is 0. The van der Waals surface area contributed by atoms with Crippen LogP contribution < -0.4 is 15.0 Å². The van der Waals surface area contributed by atoms with Crippen LogP contribution in [0.2, 0.25) is 0 Å². The summed E-state index contributed by atoms with van der Waals surface area (Å²) in [6, 6.07) is 20.6. The Labute approximate surface area is 159 Å². The van der Waals surface area contributed by atoms with Crippen molar-refractivity contribution in [1.29, 1.82) is 0 Å². The Morgan fingerprint density at radius 3 is 2.48 bits per heavy atom. The Kier molecular flexibility index (Phi) is 4.94. The van der Waals surface area contributed by atoms with Crippen molar-refractivity contribution < 1.29 is 9.47 Å². The van der Waals surface area contributed by atoms with Crippen LogP contribution in [0, 0.1) is 0 Å². The number of aromatic nitrogens is 1.